The number of likely N-dealkylation sites (tertiary alicyclic amines) is 1. The van der Waals surface area contributed by atoms with E-state index in [2.05, 4.69) is 21.2 Å². The Balaban J connectivity index is 1.27. The summed E-state index contributed by atoms with van der Waals surface area (Å²) in [6.45, 7) is 1.35. The largest absolute Gasteiger partial charge is 0.454 e. The van der Waals surface area contributed by atoms with Crippen LogP contribution in [0.5, 0.6) is 11.5 Å². The highest BCUT2D eigenvalue weighted by Gasteiger charge is 2.27. The summed E-state index contributed by atoms with van der Waals surface area (Å²) < 4.78 is 11.6. The number of rotatable bonds is 4. The summed E-state index contributed by atoms with van der Waals surface area (Å²) >= 11 is 3.40. The highest BCUT2D eigenvalue weighted by Crippen LogP contribution is 2.34. The molecule has 2 heterocycles. The van der Waals surface area contributed by atoms with Gasteiger partial charge in [0, 0.05) is 41.3 Å². The van der Waals surface area contributed by atoms with Crippen LogP contribution >= 0.6 is 15.9 Å². The van der Waals surface area contributed by atoms with Gasteiger partial charge in [0.1, 0.15) is 0 Å². The Morgan fingerprint density at radius 2 is 1.76 bits per heavy atom. The molecule has 0 spiro atoms. The number of fused-ring (bicyclic) bond motifs is 1. The molecular weight excluding hydrogens is 436 g/mol. The van der Waals surface area contributed by atoms with Crippen molar-refractivity contribution in [1.29, 1.82) is 0 Å². The number of nitrogens with one attached hydrogen (secondary N) is 1. The summed E-state index contributed by atoms with van der Waals surface area (Å²) in [7, 11) is 0. The minimum absolute atomic E-state index is 0.0254. The molecule has 2 aromatic carbocycles. The van der Waals surface area contributed by atoms with Gasteiger partial charge in [-0.25, -0.2) is 0 Å². The molecule has 2 aliphatic rings. The van der Waals surface area contributed by atoms with Crippen molar-refractivity contribution in [3.63, 3.8) is 0 Å². The molecule has 1 saturated heterocycles. The van der Waals surface area contributed by atoms with Crippen molar-refractivity contribution >= 4 is 39.5 Å². The van der Waals surface area contributed by atoms with Crippen LogP contribution in [-0.2, 0) is 9.59 Å². The molecule has 0 aromatic heterocycles. The highest BCUT2D eigenvalue weighted by molar-refractivity contribution is 9.10. The SMILES string of the molecule is O=C(Nc1ccc2c(c1)OCO2)C1CCN(C(=O)C=Cc2ccc(Br)cc2)CC1. The molecule has 2 aromatic rings. The zero-order valence-corrected chi connectivity index (χ0v) is 17.4. The molecule has 4 rings (SSSR count). The zero-order valence-electron chi connectivity index (χ0n) is 15.8. The number of piperidine rings is 1. The van der Waals surface area contributed by atoms with Crippen molar-refractivity contribution in [1.82, 2.24) is 4.90 Å². The number of hydrogen-bond acceptors (Lipinski definition) is 4. The fourth-order valence-corrected chi connectivity index (χ4v) is 3.69. The van der Waals surface area contributed by atoms with Crippen LogP contribution < -0.4 is 14.8 Å². The van der Waals surface area contributed by atoms with Crippen molar-refractivity contribution < 1.29 is 19.1 Å². The lowest BCUT2D eigenvalue weighted by atomic mass is 9.95. The predicted molar refractivity (Wildman–Crippen MR) is 114 cm³/mol. The fraction of sp³-hybridized carbons (Fsp3) is 0.273. The second kappa shape index (κ2) is 8.69. The van der Waals surface area contributed by atoms with E-state index in [1.165, 1.54) is 0 Å². The van der Waals surface area contributed by atoms with Gasteiger partial charge in [0.2, 0.25) is 18.6 Å². The molecule has 1 fully saturated rings. The lowest BCUT2D eigenvalue weighted by Gasteiger charge is -2.30. The van der Waals surface area contributed by atoms with Crippen molar-refractivity contribution in [2.24, 2.45) is 5.92 Å². The maximum absolute atomic E-state index is 12.6. The molecular formula is C22H21BrN2O4. The number of amides is 2. The van der Waals surface area contributed by atoms with E-state index in [-0.39, 0.29) is 24.5 Å². The predicted octanol–water partition coefficient (Wildman–Crippen LogP) is 4.07. The first kappa shape index (κ1) is 19.5. The molecule has 6 nitrogen and oxygen atoms in total. The quantitative estimate of drug-likeness (QED) is 0.704. The van der Waals surface area contributed by atoms with E-state index in [0.29, 0.717) is 43.1 Å². The van der Waals surface area contributed by atoms with Gasteiger partial charge in [0.25, 0.3) is 0 Å². The van der Waals surface area contributed by atoms with Gasteiger partial charge >= 0.3 is 0 Å². The van der Waals surface area contributed by atoms with Crippen LogP contribution in [0, 0.1) is 5.92 Å². The van der Waals surface area contributed by atoms with E-state index < -0.39 is 0 Å². The highest BCUT2D eigenvalue weighted by atomic mass is 79.9. The van der Waals surface area contributed by atoms with Gasteiger partial charge in [0.15, 0.2) is 11.5 Å². The summed E-state index contributed by atoms with van der Waals surface area (Å²) in [6, 6.07) is 13.1. The van der Waals surface area contributed by atoms with Gasteiger partial charge in [-0.1, -0.05) is 28.1 Å². The number of carbonyl (C=O) groups excluding carboxylic acids is 2. The maximum atomic E-state index is 12.6. The van der Waals surface area contributed by atoms with Crippen LogP contribution in [0.15, 0.2) is 53.0 Å². The lowest BCUT2D eigenvalue weighted by molar-refractivity contribution is -0.130. The Kier molecular flexibility index (Phi) is 5.85. The normalized spacial score (nSPS) is 16.2. The Bertz CT molecular complexity index is 934. The van der Waals surface area contributed by atoms with Crippen LogP contribution in [0.4, 0.5) is 5.69 Å². The number of ether oxygens (including phenoxy) is 2. The molecule has 150 valence electrons. The smallest absolute Gasteiger partial charge is 0.246 e. The third-order valence-electron chi connectivity index (χ3n) is 5.11. The van der Waals surface area contributed by atoms with Crippen molar-refractivity contribution in [2.45, 2.75) is 12.8 Å². The molecule has 0 bridgehead atoms. The molecule has 2 aliphatic heterocycles. The molecule has 0 atom stereocenters. The van der Waals surface area contributed by atoms with Gasteiger partial charge in [-0.2, -0.15) is 0 Å². The first-order valence-electron chi connectivity index (χ1n) is 9.51. The van der Waals surface area contributed by atoms with E-state index in [4.69, 9.17) is 9.47 Å². The topological polar surface area (TPSA) is 67.9 Å². The maximum Gasteiger partial charge on any atom is 0.246 e. The van der Waals surface area contributed by atoms with Crippen molar-refractivity contribution in [3.8, 4) is 11.5 Å². The third kappa shape index (κ3) is 4.79. The average Bonchev–Trinajstić information content (AvgIpc) is 3.21. The number of halogens is 1. The Labute approximate surface area is 177 Å². The number of benzene rings is 2. The van der Waals surface area contributed by atoms with Gasteiger partial charge in [-0.05, 0) is 48.7 Å². The Morgan fingerprint density at radius 3 is 2.52 bits per heavy atom. The third-order valence-corrected chi connectivity index (χ3v) is 5.63. The second-order valence-corrected chi connectivity index (χ2v) is 7.96. The molecule has 29 heavy (non-hydrogen) atoms. The lowest BCUT2D eigenvalue weighted by Crippen LogP contribution is -2.40. The van der Waals surface area contributed by atoms with Gasteiger partial charge in [-0.3, -0.25) is 9.59 Å². The monoisotopic (exact) mass is 456 g/mol. The van der Waals surface area contributed by atoms with Crippen LogP contribution in [0.25, 0.3) is 6.08 Å². The molecule has 1 N–H and O–H groups in total. The van der Waals surface area contributed by atoms with Gasteiger partial charge < -0.3 is 19.7 Å². The number of nitrogens with zero attached hydrogens (tertiary/aromatic N) is 1. The van der Waals surface area contributed by atoms with Crippen LogP contribution in [0.1, 0.15) is 18.4 Å². The summed E-state index contributed by atoms with van der Waals surface area (Å²) in [5.41, 5.74) is 1.66. The zero-order chi connectivity index (χ0) is 20.2. The molecule has 0 radical (unpaired) electrons. The van der Waals surface area contributed by atoms with Crippen LogP contribution in [0.2, 0.25) is 0 Å². The van der Waals surface area contributed by atoms with E-state index in [9.17, 15) is 9.59 Å². The summed E-state index contributed by atoms with van der Waals surface area (Å²) in [4.78, 5) is 26.8. The second-order valence-electron chi connectivity index (χ2n) is 7.04. The fourth-order valence-electron chi connectivity index (χ4n) is 3.43. The number of anilines is 1. The standard InChI is InChI=1S/C22H21BrN2O4/c23-17-4-1-15(2-5-17)3-8-21(26)25-11-9-16(10-12-25)22(27)24-18-6-7-19-20(13-18)29-14-28-19/h1-8,13,16H,9-12,14H2,(H,24,27). The molecule has 7 heteroatoms. The van der Waals surface area contributed by atoms with Gasteiger partial charge in [0.05, 0.1) is 0 Å². The summed E-state index contributed by atoms with van der Waals surface area (Å²) in [5.74, 6) is 1.16. The van der Waals surface area contributed by atoms with Crippen molar-refractivity contribution in [3.05, 3.63) is 58.6 Å². The minimum Gasteiger partial charge on any atom is -0.454 e. The first-order chi connectivity index (χ1) is 14.1. The molecule has 0 unspecified atom stereocenters. The Morgan fingerprint density at radius 1 is 1.03 bits per heavy atom. The number of hydrogen-bond donors (Lipinski definition) is 1. The average molecular weight is 457 g/mol. The molecule has 0 saturated carbocycles. The van der Waals surface area contributed by atoms with Crippen LogP contribution in [0.3, 0.4) is 0 Å². The number of carbonyl (C=O) groups is 2. The minimum atomic E-state index is -0.111. The van der Waals surface area contributed by atoms with E-state index >= 15 is 0 Å². The van der Waals surface area contributed by atoms with E-state index in [1.807, 2.05) is 30.3 Å². The van der Waals surface area contributed by atoms with Crippen molar-refractivity contribution in [2.75, 3.05) is 25.2 Å². The first-order valence-corrected chi connectivity index (χ1v) is 10.3. The molecule has 2 amide bonds. The summed E-state index contributed by atoms with van der Waals surface area (Å²) in [6.07, 6.45) is 4.70. The van der Waals surface area contributed by atoms with Crippen LogP contribution in [-0.4, -0.2) is 36.6 Å². The van der Waals surface area contributed by atoms with Gasteiger partial charge in [-0.15, -0.1) is 0 Å². The Hall–Kier alpha value is -2.80. The van der Waals surface area contributed by atoms with E-state index in [0.717, 1.165) is 10.0 Å². The molecule has 0 aliphatic carbocycles. The summed E-state index contributed by atoms with van der Waals surface area (Å²) in [5, 5.41) is 2.94. The van der Waals surface area contributed by atoms with E-state index in [1.54, 1.807) is 29.2 Å².